The van der Waals surface area contributed by atoms with E-state index in [4.69, 9.17) is 16.3 Å². The van der Waals surface area contributed by atoms with Crippen molar-refractivity contribution in [3.05, 3.63) is 64.7 Å². The van der Waals surface area contributed by atoms with Gasteiger partial charge in [0.25, 0.3) is 5.91 Å². The van der Waals surface area contributed by atoms with Crippen molar-refractivity contribution in [2.45, 2.75) is 19.4 Å². The van der Waals surface area contributed by atoms with Crippen molar-refractivity contribution in [2.75, 3.05) is 24.6 Å². The van der Waals surface area contributed by atoms with E-state index < -0.39 is 11.9 Å². The number of rotatable bonds is 5. The summed E-state index contributed by atoms with van der Waals surface area (Å²) in [4.78, 5) is 40.5. The third-order valence-electron chi connectivity index (χ3n) is 5.39. The molecule has 2 aliphatic rings. The molecule has 0 N–H and O–H groups in total. The number of anilines is 1. The zero-order chi connectivity index (χ0) is 20.4. The van der Waals surface area contributed by atoms with Crippen molar-refractivity contribution in [3.63, 3.8) is 0 Å². The van der Waals surface area contributed by atoms with Gasteiger partial charge in [0.05, 0.1) is 5.92 Å². The number of nitrogens with zero attached hydrogens (tertiary/aromatic N) is 2. The molecule has 6 nitrogen and oxygen atoms in total. The number of carbonyl (C=O) groups is 3. The molecule has 2 amide bonds. The molecule has 0 aliphatic carbocycles. The number of likely N-dealkylation sites (tertiary alicyclic amines) is 1. The van der Waals surface area contributed by atoms with E-state index in [2.05, 4.69) is 0 Å². The van der Waals surface area contributed by atoms with Crippen LogP contribution in [0.4, 0.5) is 5.69 Å². The quantitative estimate of drug-likeness (QED) is 0.708. The Morgan fingerprint density at radius 3 is 2.69 bits per heavy atom. The van der Waals surface area contributed by atoms with E-state index in [-0.39, 0.29) is 31.4 Å². The highest BCUT2D eigenvalue weighted by Gasteiger charge is 2.36. The molecule has 0 saturated carbocycles. The van der Waals surface area contributed by atoms with E-state index in [9.17, 15) is 14.4 Å². The first-order valence-electron chi connectivity index (χ1n) is 9.59. The number of hydrogen-bond donors (Lipinski definition) is 0. The Labute approximate surface area is 174 Å². The summed E-state index contributed by atoms with van der Waals surface area (Å²) < 4.78 is 5.25. The van der Waals surface area contributed by atoms with Crippen molar-refractivity contribution in [2.24, 2.45) is 5.92 Å². The molecular formula is C22H21ClN2O4. The van der Waals surface area contributed by atoms with Crippen molar-refractivity contribution in [3.8, 4) is 0 Å². The van der Waals surface area contributed by atoms with Gasteiger partial charge in [0.2, 0.25) is 5.91 Å². The Kier molecular flexibility index (Phi) is 5.53. The number of fused-ring (bicyclic) bond motifs is 1. The first kappa shape index (κ1) is 19.5. The van der Waals surface area contributed by atoms with Crippen LogP contribution in [0, 0.1) is 5.92 Å². The number of para-hydroxylation sites is 1. The summed E-state index contributed by atoms with van der Waals surface area (Å²) in [5, 5.41) is 0.586. The molecule has 0 spiro atoms. The molecule has 7 heteroatoms. The molecule has 2 heterocycles. The van der Waals surface area contributed by atoms with Crippen LogP contribution < -0.4 is 4.90 Å². The van der Waals surface area contributed by atoms with Crippen LogP contribution in [0.1, 0.15) is 17.5 Å². The fraction of sp³-hybridized carbons (Fsp3) is 0.318. The summed E-state index contributed by atoms with van der Waals surface area (Å²) in [5.74, 6) is -1.45. The maximum Gasteiger partial charge on any atom is 0.311 e. The van der Waals surface area contributed by atoms with Crippen LogP contribution in [-0.2, 0) is 32.1 Å². The highest BCUT2D eigenvalue weighted by Crippen LogP contribution is 2.28. The molecule has 150 valence electrons. The lowest BCUT2D eigenvalue weighted by atomic mass is 10.1. The van der Waals surface area contributed by atoms with Gasteiger partial charge in [-0.1, -0.05) is 48.0 Å². The number of hydrogen-bond acceptors (Lipinski definition) is 4. The van der Waals surface area contributed by atoms with Gasteiger partial charge in [-0.25, -0.2) is 0 Å². The predicted octanol–water partition coefficient (Wildman–Crippen LogP) is 2.82. The standard InChI is InChI=1S/C22H21ClN2O4/c23-18-7-3-1-6-16(18)12-24-13-17(11-20(24)26)22(28)29-14-21(27)25-10-9-15-5-2-4-8-19(15)25/h1-8,17H,9-14H2/t17-/m0/s1. The molecular weight excluding hydrogens is 392 g/mol. The number of benzene rings is 2. The summed E-state index contributed by atoms with van der Waals surface area (Å²) in [7, 11) is 0. The van der Waals surface area contributed by atoms with E-state index in [1.165, 1.54) is 0 Å². The van der Waals surface area contributed by atoms with E-state index >= 15 is 0 Å². The summed E-state index contributed by atoms with van der Waals surface area (Å²) in [6.45, 7) is 0.890. The van der Waals surface area contributed by atoms with E-state index in [0.29, 0.717) is 18.1 Å². The predicted molar refractivity (Wildman–Crippen MR) is 108 cm³/mol. The molecule has 0 radical (unpaired) electrons. The van der Waals surface area contributed by atoms with Crippen LogP contribution in [0.25, 0.3) is 0 Å². The number of halogens is 1. The largest absolute Gasteiger partial charge is 0.455 e. The number of ether oxygens (including phenoxy) is 1. The van der Waals surface area contributed by atoms with E-state index in [0.717, 1.165) is 23.2 Å². The van der Waals surface area contributed by atoms with Gasteiger partial charge in [-0.15, -0.1) is 0 Å². The molecule has 0 aromatic heterocycles. The zero-order valence-corrected chi connectivity index (χ0v) is 16.6. The van der Waals surface area contributed by atoms with Crippen molar-refractivity contribution < 1.29 is 19.1 Å². The summed E-state index contributed by atoms with van der Waals surface area (Å²) in [6.07, 6.45) is 0.883. The molecule has 1 fully saturated rings. The van der Waals surface area contributed by atoms with Gasteiger partial charge in [0.15, 0.2) is 6.61 Å². The van der Waals surface area contributed by atoms with E-state index in [1.54, 1.807) is 15.9 Å². The monoisotopic (exact) mass is 412 g/mol. The zero-order valence-electron chi connectivity index (χ0n) is 15.8. The van der Waals surface area contributed by atoms with Crippen molar-refractivity contribution in [1.29, 1.82) is 0 Å². The van der Waals surface area contributed by atoms with E-state index in [1.807, 2.05) is 42.5 Å². The highest BCUT2D eigenvalue weighted by molar-refractivity contribution is 6.31. The number of esters is 1. The molecule has 1 saturated heterocycles. The smallest absolute Gasteiger partial charge is 0.311 e. The van der Waals surface area contributed by atoms with Crippen molar-refractivity contribution >= 4 is 35.1 Å². The highest BCUT2D eigenvalue weighted by atomic mass is 35.5. The lowest BCUT2D eigenvalue weighted by Gasteiger charge is -2.18. The molecule has 0 bridgehead atoms. The maximum absolute atomic E-state index is 12.5. The third-order valence-corrected chi connectivity index (χ3v) is 5.76. The molecule has 1 atom stereocenters. The van der Waals surface area contributed by atoms with Gasteiger partial charge in [-0.2, -0.15) is 0 Å². The van der Waals surface area contributed by atoms with Crippen LogP contribution in [0.5, 0.6) is 0 Å². The Balaban J connectivity index is 1.31. The normalized spacial score (nSPS) is 18.1. The average molecular weight is 413 g/mol. The Morgan fingerprint density at radius 1 is 1.10 bits per heavy atom. The Hall–Kier alpha value is -2.86. The van der Waals surface area contributed by atoms with Crippen LogP contribution in [0.3, 0.4) is 0 Å². The SMILES string of the molecule is O=C(OCC(=O)N1CCc2ccccc21)[C@H]1CC(=O)N(Cc2ccccc2Cl)C1. The number of amides is 2. The van der Waals surface area contributed by atoms with Crippen molar-refractivity contribution in [1.82, 2.24) is 4.90 Å². The minimum atomic E-state index is -0.566. The minimum Gasteiger partial charge on any atom is -0.455 e. The Bertz CT molecular complexity index is 961. The fourth-order valence-corrected chi connectivity index (χ4v) is 4.04. The van der Waals surface area contributed by atoms with Gasteiger partial charge in [0, 0.05) is 36.8 Å². The topological polar surface area (TPSA) is 66.9 Å². The molecule has 4 rings (SSSR count). The molecule has 2 aromatic carbocycles. The minimum absolute atomic E-state index is 0.0873. The maximum atomic E-state index is 12.5. The second-order valence-corrected chi connectivity index (χ2v) is 7.71. The Morgan fingerprint density at radius 2 is 1.86 bits per heavy atom. The first-order chi connectivity index (χ1) is 14.0. The first-order valence-corrected chi connectivity index (χ1v) is 9.97. The van der Waals surface area contributed by atoms with Gasteiger partial charge < -0.3 is 14.5 Å². The fourth-order valence-electron chi connectivity index (χ4n) is 3.84. The molecule has 29 heavy (non-hydrogen) atoms. The van der Waals surface area contributed by atoms with Gasteiger partial charge in [-0.05, 0) is 29.7 Å². The van der Waals surface area contributed by atoms with Crippen LogP contribution in [-0.4, -0.2) is 42.4 Å². The molecule has 0 unspecified atom stereocenters. The van der Waals surface area contributed by atoms with Crippen LogP contribution >= 0.6 is 11.6 Å². The second kappa shape index (κ2) is 8.25. The van der Waals surface area contributed by atoms with Crippen LogP contribution in [0.15, 0.2) is 48.5 Å². The van der Waals surface area contributed by atoms with Gasteiger partial charge in [-0.3, -0.25) is 14.4 Å². The van der Waals surface area contributed by atoms with Gasteiger partial charge in [0.1, 0.15) is 0 Å². The molecule has 2 aliphatic heterocycles. The van der Waals surface area contributed by atoms with Crippen LogP contribution in [0.2, 0.25) is 5.02 Å². The lowest BCUT2D eigenvalue weighted by Crippen LogP contribution is -2.34. The average Bonchev–Trinajstić information content (AvgIpc) is 3.31. The summed E-state index contributed by atoms with van der Waals surface area (Å²) in [6, 6.07) is 15.0. The summed E-state index contributed by atoms with van der Waals surface area (Å²) >= 11 is 6.16. The van der Waals surface area contributed by atoms with Gasteiger partial charge >= 0.3 is 5.97 Å². The lowest BCUT2D eigenvalue weighted by molar-refractivity contribution is -0.151. The number of carbonyl (C=O) groups excluding carboxylic acids is 3. The second-order valence-electron chi connectivity index (χ2n) is 7.30. The summed E-state index contributed by atoms with van der Waals surface area (Å²) in [5.41, 5.74) is 2.82. The molecule has 2 aromatic rings. The third kappa shape index (κ3) is 4.12.